The number of carbonyl (C=O) groups is 1. The molecule has 2 bridgehead atoms. The Hall–Kier alpha value is -1.35. The fourth-order valence-corrected chi connectivity index (χ4v) is 3.51. The second-order valence-corrected chi connectivity index (χ2v) is 5.73. The zero-order valence-corrected chi connectivity index (χ0v) is 11.2. The number of piperidine rings is 1. The highest BCUT2D eigenvalue weighted by Crippen LogP contribution is 2.37. The highest BCUT2D eigenvalue weighted by atomic mass is 16.5. The summed E-state index contributed by atoms with van der Waals surface area (Å²) in [5, 5.41) is 3.44. The normalized spacial score (nSPS) is 29.8. The Labute approximate surface area is 114 Å². The molecule has 0 radical (unpaired) electrons. The molecule has 19 heavy (non-hydrogen) atoms. The minimum Gasteiger partial charge on any atom is -0.461 e. The standard InChI is InChI=1S/C16H21NO2/c18-16(19-11-12-5-2-1-3-6-12)15-13-7-4-8-14(15)10-17-9-13/h1-3,5-6,13-15,17H,4,7-11H2/t13-,14+,15?. The van der Waals surface area contributed by atoms with E-state index in [1.807, 2.05) is 30.3 Å². The summed E-state index contributed by atoms with van der Waals surface area (Å²) in [4.78, 5) is 12.3. The number of nitrogens with one attached hydrogen (secondary N) is 1. The van der Waals surface area contributed by atoms with Crippen LogP contribution in [-0.4, -0.2) is 19.1 Å². The fraction of sp³-hybridized carbons (Fsp3) is 0.562. The van der Waals surface area contributed by atoms with Crippen molar-refractivity contribution in [3.05, 3.63) is 35.9 Å². The van der Waals surface area contributed by atoms with Crippen LogP contribution in [0, 0.1) is 17.8 Å². The molecule has 1 unspecified atom stereocenters. The van der Waals surface area contributed by atoms with Crippen LogP contribution in [0.15, 0.2) is 30.3 Å². The minimum atomic E-state index is 0.0139. The van der Waals surface area contributed by atoms with Gasteiger partial charge in [0.2, 0.25) is 0 Å². The van der Waals surface area contributed by atoms with E-state index in [1.165, 1.54) is 6.42 Å². The molecule has 1 aliphatic carbocycles. The Bertz CT molecular complexity index is 410. The predicted molar refractivity (Wildman–Crippen MR) is 73.4 cm³/mol. The molecule has 1 saturated carbocycles. The van der Waals surface area contributed by atoms with Gasteiger partial charge in [-0.2, -0.15) is 0 Å². The highest BCUT2D eigenvalue weighted by molar-refractivity contribution is 5.73. The Kier molecular flexibility index (Phi) is 3.83. The quantitative estimate of drug-likeness (QED) is 0.847. The summed E-state index contributed by atoms with van der Waals surface area (Å²) in [5.41, 5.74) is 1.06. The SMILES string of the molecule is O=C(OCc1ccccc1)C1[C@@H]2CCC[C@H]1CNC2. The van der Waals surface area contributed by atoms with Gasteiger partial charge in [0.15, 0.2) is 0 Å². The zero-order valence-electron chi connectivity index (χ0n) is 11.2. The first-order valence-electron chi connectivity index (χ1n) is 7.26. The van der Waals surface area contributed by atoms with Gasteiger partial charge >= 0.3 is 5.97 Å². The van der Waals surface area contributed by atoms with Crippen LogP contribution in [-0.2, 0) is 16.1 Å². The molecule has 1 aromatic carbocycles. The average molecular weight is 259 g/mol. The van der Waals surface area contributed by atoms with Gasteiger partial charge in [-0.1, -0.05) is 36.8 Å². The van der Waals surface area contributed by atoms with Gasteiger partial charge < -0.3 is 10.1 Å². The van der Waals surface area contributed by atoms with Gasteiger partial charge in [-0.3, -0.25) is 4.79 Å². The Morgan fingerprint density at radius 2 is 1.84 bits per heavy atom. The molecule has 0 amide bonds. The molecule has 3 rings (SSSR count). The van der Waals surface area contributed by atoms with Crippen molar-refractivity contribution in [2.45, 2.75) is 25.9 Å². The van der Waals surface area contributed by atoms with Crippen LogP contribution in [0.3, 0.4) is 0 Å². The van der Waals surface area contributed by atoms with Gasteiger partial charge in [-0.05, 0) is 43.3 Å². The summed E-state index contributed by atoms with van der Waals surface area (Å²) >= 11 is 0. The number of hydrogen-bond acceptors (Lipinski definition) is 3. The van der Waals surface area contributed by atoms with Crippen molar-refractivity contribution in [3.63, 3.8) is 0 Å². The third kappa shape index (κ3) is 2.81. The molecule has 1 heterocycles. The minimum absolute atomic E-state index is 0.0139. The van der Waals surface area contributed by atoms with Crippen LogP contribution in [0.1, 0.15) is 24.8 Å². The number of rotatable bonds is 3. The number of fused-ring (bicyclic) bond motifs is 2. The first kappa shape index (κ1) is 12.7. The van der Waals surface area contributed by atoms with Gasteiger partial charge in [-0.25, -0.2) is 0 Å². The summed E-state index contributed by atoms with van der Waals surface area (Å²) in [7, 11) is 0. The summed E-state index contributed by atoms with van der Waals surface area (Å²) in [6.07, 6.45) is 3.59. The lowest BCUT2D eigenvalue weighted by Crippen LogP contribution is -2.49. The van der Waals surface area contributed by atoms with E-state index in [2.05, 4.69) is 5.32 Å². The van der Waals surface area contributed by atoms with E-state index in [0.29, 0.717) is 18.4 Å². The molecule has 1 aliphatic heterocycles. The van der Waals surface area contributed by atoms with Crippen molar-refractivity contribution in [2.24, 2.45) is 17.8 Å². The average Bonchev–Trinajstić information content (AvgIpc) is 2.45. The predicted octanol–water partition coefficient (Wildman–Crippen LogP) is 2.37. The van der Waals surface area contributed by atoms with Crippen molar-refractivity contribution >= 4 is 5.97 Å². The molecule has 1 aromatic rings. The molecule has 3 heteroatoms. The van der Waals surface area contributed by atoms with E-state index in [1.54, 1.807) is 0 Å². The van der Waals surface area contributed by atoms with Gasteiger partial charge in [0.05, 0.1) is 5.92 Å². The topological polar surface area (TPSA) is 38.3 Å². The van der Waals surface area contributed by atoms with E-state index >= 15 is 0 Å². The van der Waals surface area contributed by atoms with Crippen molar-refractivity contribution in [3.8, 4) is 0 Å². The smallest absolute Gasteiger partial charge is 0.309 e. The molecule has 2 fully saturated rings. The van der Waals surface area contributed by atoms with Gasteiger partial charge in [0, 0.05) is 0 Å². The third-order valence-corrected chi connectivity index (χ3v) is 4.47. The van der Waals surface area contributed by atoms with Crippen molar-refractivity contribution in [1.82, 2.24) is 5.32 Å². The highest BCUT2D eigenvalue weighted by Gasteiger charge is 2.41. The second kappa shape index (κ2) is 5.74. The van der Waals surface area contributed by atoms with Crippen molar-refractivity contribution in [2.75, 3.05) is 13.1 Å². The maximum absolute atomic E-state index is 12.3. The fourth-order valence-electron chi connectivity index (χ4n) is 3.51. The number of esters is 1. The molecule has 1 N–H and O–H groups in total. The van der Waals surface area contributed by atoms with Gasteiger partial charge in [-0.15, -0.1) is 0 Å². The van der Waals surface area contributed by atoms with E-state index in [0.717, 1.165) is 31.5 Å². The van der Waals surface area contributed by atoms with Gasteiger partial charge in [0.25, 0.3) is 0 Å². The lowest BCUT2D eigenvalue weighted by atomic mass is 9.69. The van der Waals surface area contributed by atoms with Crippen LogP contribution in [0.25, 0.3) is 0 Å². The lowest BCUT2D eigenvalue weighted by Gasteiger charge is -2.41. The Balaban J connectivity index is 1.60. The first-order valence-corrected chi connectivity index (χ1v) is 7.26. The van der Waals surface area contributed by atoms with E-state index in [9.17, 15) is 4.79 Å². The number of ether oxygens (including phenoxy) is 1. The monoisotopic (exact) mass is 259 g/mol. The number of benzene rings is 1. The number of hydrogen-bond donors (Lipinski definition) is 1. The Morgan fingerprint density at radius 3 is 2.53 bits per heavy atom. The van der Waals surface area contributed by atoms with E-state index in [-0.39, 0.29) is 11.9 Å². The molecule has 3 atom stereocenters. The number of carbonyl (C=O) groups excluding carboxylic acids is 1. The maximum atomic E-state index is 12.3. The summed E-state index contributed by atoms with van der Waals surface area (Å²) in [5.74, 6) is 1.10. The van der Waals surface area contributed by atoms with Gasteiger partial charge in [0.1, 0.15) is 6.61 Å². The molecular weight excluding hydrogens is 238 g/mol. The molecule has 0 spiro atoms. The van der Waals surface area contributed by atoms with Crippen LogP contribution >= 0.6 is 0 Å². The van der Waals surface area contributed by atoms with Crippen LogP contribution < -0.4 is 5.32 Å². The van der Waals surface area contributed by atoms with Crippen LogP contribution in [0.4, 0.5) is 0 Å². The molecule has 0 aromatic heterocycles. The van der Waals surface area contributed by atoms with Crippen molar-refractivity contribution in [1.29, 1.82) is 0 Å². The van der Waals surface area contributed by atoms with Crippen LogP contribution in [0.5, 0.6) is 0 Å². The second-order valence-electron chi connectivity index (χ2n) is 5.73. The summed E-state index contributed by atoms with van der Waals surface area (Å²) < 4.78 is 5.54. The van der Waals surface area contributed by atoms with E-state index < -0.39 is 0 Å². The zero-order chi connectivity index (χ0) is 13.1. The Morgan fingerprint density at radius 1 is 1.16 bits per heavy atom. The van der Waals surface area contributed by atoms with E-state index in [4.69, 9.17) is 4.74 Å². The largest absolute Gasteiger partial charge is 0.461 e. The summed E-state index contributed by atoms with van der Waals surface area (Å²) in [6.45, 7) is 2.35. The maximum Gasteiger partial charge on any atom is 0.309 e. The molecule has 2 aliphatic rings. The molecule has 1 saturated heterocycles. The third-order valence-electron chi connectivity index (χ3n) is 4.47. The molecular formula is C16H21NO2. The molecule has 3 nitrogen and oxygen atoms in total. The lowest BCUT2D eigenvalue weighted by molar-refractivity contribution is -0.157. The summed E-state index contributed by atoms with van der Waals surface area (Å²) in [6, 6.07) is 9.92. The molecule has 102 valence electrons. The van der Waals surface area contributed by atoms with Crippen molar-refractivity contribution < 1.29 is 9.53 Å². The van der Waals surface area contributed by atoms with Crippen LogP contribution in [0.2, 0.25) is 0 Å². The first-order chi connectivity index (χ1) is 9.34.